The Morgan fingerprint density at radius 1 is 1.50 bits per heavy atom. The molecule has 1 aliphatic carbocycles. The van der Waals surface area contributed by atoms with Gasteiger partial charge >= 0.3 is 0 Å². The topological polar surface area (TPSA) is 66.6 Å². The minimum absolute atomic E-state index is 0.0155. The Balaban J connectivity index is 2.39. The van der Waals surface area contributed by atoms with Crippen LogP contribution in [0.3, 0.4) is 0 Å². The molecule has 0 bridgehead atoms. The van der Waals surface area contributed by atoms with E-state index < -0.39 is 0 Å². The first-order chi connectivity index (χ1) is 8.65. The standard InChI is InChI=1S/C13H18N2O3/c1-10-4-2-7-12(13(10)15(17)18)14(8-9-16)11-5-3-6-11/h2,4,7,11,16H,3,5-6,8-9H2,1H3. The maximum absolute atomic E-state index is 11.2. The Morgan fingerprint density at radius 3 is 2.72 bits per heavy atom. The second-order valence-electron chi connectivity index (χ2n) is 4.70. The smallest absolute Gasteiger partial charge is 0.295 e. The zero-order valence-corrected chi connectivity index (χ0v) is 10.5. The van der Waals surface area contributed by atoms with Crippen molar-refractivity contribution >= 4 is 11.4 Å². The third-order valence-corrected chi connectivity index (χ3v) is 3.56. The van der Waals surface area contributed by atoms with E-state index in [-0.39, 0.29) is 17.2 Å². The third-order valence-electron chi connectivity index (χ3n) is 3.56. The average Bonchev–Trinajstić information content (AvgIpc) is 2.25. The maximum atomic E-state index is 11.2. The molecule has 0 radical (unpaired) electrons. The molecule has 0 saturated heterocycles. The van der Waals surface area contributed by atoms with Crippen LogP contribution < -0.4 is 4.90 Å². The van der Waals surface area contributed by atoms with E-state index in [4.69, 9.17) is 5.11 Å². The first kappa shape index (κ1) is 12.8. The zero-order valence-electron chi connectivity index (χ0n) is 10.5. The molecule has 0 aliphatic heterocycles. The molecule has 0 spiro atoms. The molecule has 1 N–H and O–H groups in total. The second kappa shape index (κ2) is 5.35. The van der Waals surface area contributed by atoms with Gasteiger partial charge in [0.1, 0.15) is 5.69 Å². The van der Waals surface area contributed by atoms with Crippen LogP contribution in [0.5, 0.6) is 0 Å². The average molecular weight is 250 g/mol. The number of benzene rings is 1. The Kier molecular flexibility index (Phi) is 3.81. The lowest BCUT2D eigenvalue weighted by Crippen LogP contribution is -2.42. The van der Waals surface area contributed by atoms with Crippen LogP contribution in [-0.4, -0.2) is 29.2 Å². The molecule has 0 atom stereocenters. The van der Waals surface area contributed by atoms with Gasteiger partial charge in [0.2, 0.25) is 0 Å². The third kappa shape index (κ3) is 2.31. The van der Waals surface area contributed by atoms with Gasteiger partial charge in [0, 0.05) is 18.2 Å². The number of aliphatic hydroxyl groups excluding tert-OH is 1. The summed E-state index contributed by atoms with van der Waals surface area (Å²) in [5.74, 6) is 0. The number of nitro groups is 1. The monoisotopic (exact) mass is 250 g/mol. The highest BCUT2D eigenvalue weighted by atomic mass is 16.6. The van der Waals surface area contributed by atoms with Gasteiger partial charge in [-0.3, -0.25) is 10.1 Å². The normalized spacial score (nSPS) is 15.2. The quantitative estimate of drug-likeness (QED) is 0.643. The fraction of sp³-hybridized carbons (Fsp3) is 0.538. The molecule has 1 fully saturated rings. The van der Waals surface area contributed by atoms with Gasteiger partial charge in [-0.1, -0.05) is 12.1 Å². The number of hydrogen-bond donors (Lipinski definition) is 1. The highest BCUT2D eigenvalue weighted by molar-refractivity contribution is 5.67. The molecule has 2 rings (SSSR count). The molecule has 0 unspecified atom stereocenters. The SMILES string of the molecule is Cc1cccc(N(CCO)C2CCC2)c1[N+](=O)[O-]. The van der Waals surface area contributed by atoms with Gasteiger partial charge in [0.05, 0.1) is 11.5 Å². The van der Waals surface area contributed by atoms with Crippen molar-refractivity contribution in [3.63, 3.8) is 0 Å². The van der Waals surface area contributed by atoms with E-state index in [1.165, 1.54) is 0 Å². The number of hydrogen-bond acceptors (Lipinski definition) is 4. The summed E-state index contributed by atoms with van der Waals surface area (Å²) in [6.07, 6.45) is 3.25. The number of aliphatic hydroxyl groups is 1. The zero-order chi connectivity index (χ0) is 13.1. The van der Waals surface area contributed by atoms with Gasteiger partial charge in [-0.25, -0.2) is 0 Å². The van der Waals surface area contributed by atoms with E-state index >= 15 is 0 Å². The van der Waals surface area contributed by atoms with Gasteiger partial charge in [-0.05, 0) is 32.3 Å². The van der Waals surface area contributed by atoms with Crippen molar-refractivity contribution in [1.29, 1.82) is 0 Å². The van der Waals surface area contributed by atoms with E-state index in [0.717, 1.165) is 19.3 Å². The molecule has 0 amide bonds. The van der Waals surface area contributed by atoms with Crippen molar-refractivity contribution in [2.75, 3.05) is 18.1 Å². The van der Waals surface area contributed by atoms with Gasteiger partial charge in [-0.2, -0.15) is 0 Å². The lowest BCUT2D eigenvalue weighted by atomic mass is 9.90. The first-order valence-corrected chi connectivity index (χ1v) is 6.26. The number of para-hydroxylation sites is 1. The number of anilines is 1. The van der Waals surface area contributed by atoms with Gasteiger partial charge in [0.25, 0.3) is 5.69 Å². The summed E-state index contributed by atoms with van der Waals surface area (Å²) in [4.78, 5) is 12.9. The predicted octanol–water partition coefficient (Wildman–Crippen LogP) is 2.25. The summed E-state index contributed by atoms with van der Waals surface area (Å²) in [6, 6.07) is 5.69. The van der Waals surface area contributed by atoms with Gasteiger partial charge in [-0.15, -0.1) is 0 Å². The molecule has 18 heavy (non-hydrogen) atoms. The van der Waals surface area contributed by atoms with Crippen molar-refractivity contribution in [2.45, 2.75) is 32.2 Å². The van der Waals surface area contributed by atoms with Crippen LogP contribution in [0.25, 0.3) is 0 Å². The van der Waals surface area contributed by atoms with Crippen molar-refractivity contribution in [2.24, 2.45) is 0 Å². The van der Waals surface area contributed by atoms with Crippen LogP contribution in [0, 0.1) is 17.0 Å². The van der Waals surface area contributed by atoms with E-state index in [1.807, 2.05) is 11.0 Å². The Hall–Kier alpha value is -1.62. The summed E-state index contributed by atoms with van der Waals surface area (Å²) < 4.78 is 0. The Bertz CT molecular complexity index is 444. The molecule has 0 heterocycles. The molecule has 1 aromatic rings. The molecule has 5 heteroatoms. The molecule has 5 nitrogen and oxygen atoms in total. The van der Waals surface area contributed by atoms with Crippen LogP contribution in [0.15, 0.2) is 18.2 Å². The van der Waals surface area contributed by atoms with Crippen molar-refractivity contribution in [3.8, 4) is 0 Å². The number of aryl methyl sites for hydroxylation is 1. The first-order valence-electron chi connectivity index (χ1n) is 6.26. The number of nitro benzene ring substituents is 1. The lowest BCUT2D eigenvalue weighted by molar-refractivity contribution is -0.384. The van der Waals surface area contributed by atoms with Crippen LogP contribution in [0.2, 0.25) is 0 Å². The highest BCUT2D eigenvalue weighted by Gasteiger charge is 2.30. The minimum Gasteiger partial charge on any atom is -0.395 e. The fourth-order valence-electron chi connectivity index (χ4n) is 2.42. The van der Waals surface area contributed by atoms with Crippen molar-refractivity contribution in [1.82, 2.24) is 0 Å². The second-order valence-corrected chi connectivity index (χ2v) is 4.70. The lowest BCUT2D eigenvalue weighted by Gasteiger charge is -2.38. The number of rotatable bonds is 5. The van der Waals surface area contributed by atoms with E-state index in [0.29, 0.717) is 23.8 Å². The maximum Gasteiger partial charge on any atom is 0.295 e. The van der Waals surface area contributed by atoms with E-state index in [1.54, 1.807) is 19.1 Å². The number of nitrogens with zero attached hydrogens (tertiary/aromatic N) is 2. The molecule has 1 saturated carbocycles. The van der Waals surface area contributed by atoms with Crippen LogP contribution in [0.4, 0.5) is 11.4 Å². The van der Waals surface area contributed by atoms with Gasteiger partial charge in [0.15, 0.2) is 0 Å². The predicted molar refractivity (Wildman–Crippen MR) is 69.9 cm³/mol. The summed E-state index contributed by atoms with van der Waals surface area (Å²) in [7, 11) is 0. The molecule has 0 aromatic heterocycles. The molecule has 1 aliphatic rings. The van der Waals surface area contributed by atoms with Crippen molar-refractivity contribution < 1.29 is 10.0 Å². The molecule has 98 valence electrons. The van der Waals surface area contributed by atoms with Crippen LogP contribution in [0.1, 0.15) is 24.8 Å². The fourth-order valence-corrected chi connectivity index (χ4v) is 2.42. The Morgan fingerprint density at radius 2 is 2.22 bits per heavy atom. The molecule has 1 aromatic carbocycles. The highest BCUT2D eigenvalue weighted by Crippen LogP contribution is 2.36. The van der Waals surface area contributed by atoms with E-state index in [2.05, 4.69) is 0 Å². The minimum atomic E-state index is -0.326. The van der Waals surface area contributed by atoms with Crippen molar-refractivity contribution in [3.05, 3.63) is 33.9 Å². The summed E-state index contributed by atoms with van der Waals surface area (Å²) in [6.45, 7) is 2.22. The van der Waals surface area contributed by atoms with Crippen LogP contribution >= 0.6 is 0 Å². The molecular formula is C13H18N2O3. The largest absolute Gasteiger partial charge is 0.395 e. The van der Waals surface area contributed by atoms with Gasteiger partial charge < -0.3 is 10.0 Å². The van der Waals surface area contributed by atoms with E-state index in [9.17, 15) is 10.1 Å². The Labute approximate surface area is 106 Å². The summed E-state index contributed by atoms with van der Waals surface area (Å²) in [5, 5.41) is 20.4. The summed E-state index contributed by atoms with van der Waals surface area (Å²) in [5.41, 5.74) is 1.47. The van der Waals surface area contributed by atoms with Crippen LogP contribution in [-0.2, 0) is 0 Å². The summed E-state index contributed by atoms with van der Waals surface area (Å²) >= 11 is 0. The molecular weight excluding hydrogens is 232 g/mol.